The van der Waals surface area contributed by atoms with Gasteiger partial charge in [-0.25, -0.2) is 0 Å². The third-order valence-electron chi connectivity index (χ3n) is 0. The Morgan fingerprint density at radius 1 is 1.12 bits per heavy atom. The third-order valence-corrected chi connectivity index (χ3v) is 0. The van der Waals surface area contributed by atoms with Gasteiger partial charge in [-0.05, 0) is 0 Å². The van der Waals surface area contributed by atoms with Crippen molar-refractivity contribution in [3.63, 3.8) is 0 Å². The van der Waals surface area contributed by atoms with Crippen LogP contribution in [-0.4, -0.2) is 17.0 Å². The molecule has 0 saturated carbocycles. The van der Waals surface area contributed by atoms with E-state index >= 15 is 0 Å². The third kappa shape index (κ3) is 307. The molecule has 0 unspecified atom stereocenters. The van der Waals surface area contributed by atoms with E-state index in [1.54, 1.807) is 0 Å². The first-order valence-electron chi connectivity index (χ1n) is 0.493. The van der Waals surface area contributed by atoms with Crippen LogP contribution in [0.25, 0.3) is 0 Å². The van der Waals surface area contributed by atoms with E-state index in [1.807, 2.05) is 0 Å². The van der Waals surface area contributed by atoms with Crippen LogP contribution in [0.3, 0.4) is 0 Å². The predicted molar refractivity (Wildman–Crippen MR) is 14.8 cm³/mol. The molecule has 0 heterocycles. The SMILES string of the molecule is O.O.[Cl-].[Cl-].[NH2+]=C=O.[Na+]. The molecule has 4 nitrogen and oxygen atoms in total. The summed E-state index contributed by atoms with van der Waals surface area (Å²) in [5.74, 6) is 0. The zero-order valence-corrected chi connectivity index (χ0v) is 7.75. The summed E-state index contributed by atoms with van der Waals surface area (Å²) in [4.78, 5) is 8.46. The van der Waals surface area contributed by atoms with E-state index in [2.05, 4.69) is 5.41 Å². The van der Waals surface area contributed by atoms with Crippen molar-refractivity contribution >= 4 is 6.08 Å². The topological polar surface area (TPSA) is 106 Å². The Hall–Kier alpha value is 0.880. The molecular formula is CH6Cl2NNaO3. The first-order valence-corrected chi connectivity index (χ1v) is 0.493. The van der Waals surface area contributed by atoms with Crippen molar-refractivity contribution in [1.29, 1.82) is 0 Å². The number of hydrogen-bond acceptors (Lipinski definition) is 1. The summed E-state index contributed by atoms with van der Waals surface area (Å²) in [5, 5.41) is 4.04. The molecule has 0 spiro atoms. The Bertz CT molecular complexity index is 38.3. The number of rotatable bonds is 0. The zero-order chi connectivity index (χ0) is 2.71. The van der Waals surface area contributed by atoms with Crippen LogP contribution in [0.15, 0.2) is 0 Å². The van der Waals surface area contributed by atoms with E-state index in [1.165, 1.54) is 0 Å². The zero-order valence-electron chi connectivity index (χ0n) is 4.24. The number of nitrogens with two attached hydrogens (primary N) is 1. The van der Waals surface area contributed by atoms with Crippen molar-refractivity contribution in [1.82, 2.24) is 0 Å². The quantitative estimate of drug-likeness (QED) is 0.220. The molecule has 48 valence electrons. The Morgan fingerprint density at radius 3 is 1.12 bits per heavy atom. The molecule has 0 aliphatic rings. The van der Waals surface area contributed by atoms with Gasteiger partial charge in [-0.2, -0.15) is 10.2 Å². The van der Waals surface area contributed by atoms with Gasteiger partial charge in [0.15, 0.2) is 0 Å². The number of isocyanates is 1. The molecule has 0 amide bonds. The molecule has 0 radical (unpaired) electrons. The van der Waals surface area contributed by atoms with Gasteiger partial charge in [0, 0.05) is 0 Å². The second kappa shape index (κ2) is 106. The fourth-order valence-corrected chi connectivity index (χ4v) is 0. The maximum Gasteiger partial charge on any atom is 1.00 e. The minimum absolute atomic E-state index is 0. The molecule has 0 aromatic heterocycles. The standard InChI is InChI=1S/CHNO.2ClH.Na.2H2O/c2-1-3;;;;;/h2H;2*1H;;2*1H2/q;;;+1;;/p-1. The van der Waals surface area contributed by atoms with E-state index in [9.17, 15) is 0 Å². The summed E-state index contributed by atoms with van der Waals surface area (Å²) < 4.78 is 0. The first kappa shape index (κ1) is 66.5. The Morgan fingerprint density at radius 2 is 1.12 bits per heavy atom. The molecule has 8 heavy (non-hydrogen) atoms. The molecule has 7 heteroatoms. The molecule has 0 aliphatic carbocycles. The largest absolute Gasteiger partial charge is 1.00 e. The summed E-state index contributed by atoms with van der Waals surface area (Å²) in [6.45, 7) is 0. The average Bonchev–Trinajstić information content (AvgIpc) is 0.918. The molecule has 6 N–H and O–H groups in total. The van der Waals surface area contributed by atoms with Gasteiger partial charge in [0.1, 0.15) is 0 Å². The van der Waals surface area contributed by atoms with Crippen LogP contribution in [-0.2, 0) is 4.79 Å². The first-order chi connectivity index (χ1) is 1.41. The molecule has 0 rings (SSSR count). The van der Waals surface area contributed by atoms with Crippen LogP contribution in [0.2, 0.25) is 0 Å². The fraction of sp³-hybridized carbons (Fsp3) is 0. The van der Waals surface area contributed by atoms with E-state index in [-0.39, 0.29) is 65.3 Å². The summed E-state index contributed by atoms with van der Waals surface area (Å²) in [7, 11) is 0. The van der Waals surface area contributed by atoms with Gasteiger partial charge >= 0.3 is 35.6 Å². The van der Waals surface area contributed by atoms with Crippen molar-refractivity contribution in [2.75, 3.05) is 0 Å². The number of halogens is 2. The normalized spacial score (nSPS) is 1.00. The Labute approximate surface area is 81.3 Å². The monoisotopic (exact) mass is 173 g/mol. The molecule has 0 aliphatic heterocycles. The van der Waals surface area contributed by atoms with E-state index < -0.39 is 0 Å². The van der Waals surface area contributed by atoms with Crippen LogP contribution >= 0.6 is 0 Å². The molecule has 0 atom stereocenters. The maximum absolute atomic E-state index is 8.46. The van der Waals surface area contributed by atoms with Crippen LogP contribution in [0.5, 0.6) is 0 Å². The molecule has 0 aromatic rings. The predicted octanol–water partition coefficient (Wildman–Crippen LogP) is -12.6. The summed E-state index contributed by atoms with van der Waals surface area (Å²) in [6.07, 6.45) is 1.00. The minimum Gasteiger partial charge on any atom is -1.00 e. The molecule has 0 fully saturated rings. The Kier molecular flexibility index (Phi) is 877. The fourth-order valence-electron chi connectivity index (χ4n) is 0. The van der Waals surface area contributed by atoms with Crippen molar-refractivity contribution < 1.29 is 75.5 Å². The molecule has 0 saturated heterocycles. The van der Waals surface area contributed by atoms with Gasteiger partial charge in [0.2, 0.25) is 0 Å². The molecular weight excluding hydrogens is 168 g/mol. The molecule has 0 bridgehead atoms. The van der Waals surface area contributed by atoms with Crippen LogP contribution in [0.4, 0.5) is 0 Å². The van der Waals surface area contributed by atoms with Gasteiger partial charge in [-0.3, -0.25) is 0 Å². The molecule has 0 aromatic carbocycles. The second-order valence-corrected chi connectivity index (χ2v) is 0.118. The summed E-state index contributed by atoms with van der Waals surface area (Å²) in [6, 6.07) is 0. The van der Waals surface area contributed by atoms with Crippen LogP contribution in [0, 0.1) is 0 Å². The van der Waals surface area contributed by atoms with Crippen molar-refractivity contribution in [3.8, 4) is 0 Å². The smallest absolute Gasteiger partial charge is 1.00 e. The van der Waals surface area contributed by atoms with Crippen LogP contribution in [0.1, 0.15) is 0 Å². The second-order valence-electron chi connectivity index (χ2n) is 0.118. The number of hydrogen-bond donors (Lipinski definition) is 1. The summed E-state index contributed by atoms with van der Waals surface area (Å²) >= 11 is 0. The van der Waals surface area contributed by atoms with E-state index in [0.717, 1.165) is 6.08 Å². The summed E-state index contributed by atoms with van der Waals surface area (Å²) in [5.41, 5.74) is 0. The van der Waals surface area contributed by atoms with E-state index in [0.29, 0.717) is 0 Å². The van der Waals surface area contributed by atoms with Crippen LogP contribution < -0.4 is 59.8 Å². The van der Waals surface area contributed by atoms with Gasteiger partial charge in [0.05, 0.1) is 0 Å². The maximum atomic E-state index is 8.46. The van der Waals surface area contributed by atoms with Crippen molar-refractivity contribution in [2.45, 2.75) is 0 Å². The Balaban J connectivity index is -0.00000000200. The van der Waals surface area contributed by atoms with Gasteiger partial charge in [0.25, 0.3) is 0 Å². The van der Waals surface area contributed by atoms with Crippen molar-refractivity contribution in [2.24, 2.45) is 0 Å². The van der Waals surface area contributed by atoms with Gasteiger partial charge in [-0.15, -0.1) is 0 Å². The number of carbonyl (C=O) groups excluding carboxylic acids is 1. The van der Waals surface area contributed by atoms with E-state index in [4.69, 9.17) is 4.79 Å². The minimum atomic E-state index is 0. The average molecular weight is 174 g/mol. The van der Waals surface area contributed by atoms with Gasteiger partial charge in [-0.1, -0.05) is 0 Å². The van der Waals surface area contributed by atoms with Gasteiger partial charge < -0.3 is 35.8 Å². The van der Waals surface area contributed by atoms with Crippen molar-refractivity contribution in [3.05, 3.63) is 0 Å².